The third-order valence-corrected chi connectivity index (χ3v) is 5.10. The fraction of sp³-hybridized carbons (Fsp3) is 0.318. The molecule has 6 nitrogen and oxygen atoms in total. The Kier molecular flexibility index (Phi) is 7.19. The van der Waals surface area contributed by atoms with Crippen LogP contribution in [0.25, 0.3) is 11.4 Å². The number of aromatic amines is 1. The molecule has 1 amide bonds. The molecule has 0 atom stereocenters. The number of rotatable bonds is 9. The minimum Gasteiger partial charge on any atom is -0.375 e. The molecule has 0 aliphatic heterocycles. The molecule has 0 spiro atoms. The minimum absolute atomic E-state index is 0.0191. The molecule has 0 saturated carbocycles. The van der Waals surface area contributed by atoms with Gasteiger partial charge in [0.1, 0.15) is 0 Å². The summed E-state index contributed by atoms with van der Waals surface area (Å²) in [5, 5.41) is 10.2. The fourth-order valence-corrected chi connectivity index (χ4v) is 3.41. The lowest BCUT2D eigenvalue weighted by Crippen LogP contribution is -2.28. The average molecular weight is 410 g/mol. The number of hydrogen-bond acceptors (Lipinski definition) is 4. The van der Waals surface area contributed by atoms with Crippen molar-refractivity contribution in [1.82, 2.24) is 20.1 Å². The van der Waals surface area contributed by atoms with Crippen molar-refractivity contribution in [2.75, 3.05) is 25.0 Å². The number of carbonyl (C=O) groups excluding carboxylic acids is 1. The Hall–Kier alpha value is -2.93. The number of para-hydroxylation sites is 1. The summed E-state index contributed by atoms with van der Waals surface area (Å²) in [4.78, 5) is 14.4. The van der Waals surface area contributed by atoms with Gasteiger partial charge in [-0.15, -0.1) is 0 Å². The summed E-state index contributed by atoms with van der Waals surface area (Å²) in [7, 11) is 2.06. The van der Waals surface area contributed by atoms with Crippen molar-refractivity contribution >= 4 is 23.8 Å². The number of nitrogens with one attached hydrogen (secondary N) is 2. The zero-order valence-corrected chi connectivity index (χ0v) is 17.7. The van der Waals surface area contributed by atoms with Crippen LogP contribution in [0.2, 0.25) is 0 Å². The maximum absolute atomic E-state index is 12.3. The van der Waals surface area contributed by atoms with Crippen molar-refractivity contribution in [3.05, 3.63) is 64.9 Å². The highest BCUT2D eigenvalue weighted by Crippen LogP contribution is 2.18. The number of anilines is 1. The Labute approximate surface area is 176 Å². The predicted octanol–water partition coefficient (Wildman–Crippen LogP) is 3.95. The number of aromatic nitrogens is 3. The Balaban J connectivity index is 1.47. The number of H-pyrrole nitrogens is 1. The number of amides is 1. The highest BCUT2D eigenvalue weighted by molar-refractivity contribution is 7.71. The monoisotopic (exact) mass is 409 g/mol. The molecule has 0 radical (unpaired) electrons. The Bertz CT molecular complexity index is 996. The Morgan fingerprint density at radius 2 is 2.00 bits per heavy atom. The van der Waals surface area contributed by atoms with Gasteiger partial charge in [0.05, 0.1) is 0 Å². The average Bonchev–Trinajstić information content (AvgIpc) is 3.10. The van der Waals surface area contributed by atoms with E-state index < -0.39 is 0 Å². The molecule has 0 saturated heterocycles. The van der Waals surface area contributed by atoms with Crippen LogP contribution in [0.3, 0.4) is 0 Å². The van der Waals surface area contributed by atoms with Crippen LogP contribution < -0.4 is 10.2 Å². The van der Waals surface area contributed by atoms with E-state index >= 15 is 0 Å². The van der Waals surface area contributed by atoms with E-state index in [1.54, 1.807) is 0 Å². The van der Waals surface area contributed by atoms with E-state index in [1.165, 1.54) is 5.69 Å². The van der Waals surface area contributed by atoms with Crippen molar-refractivity contribution in [1.29, 1.82) is 0 Å². The lowest BCUT2D eigenvalue weighted by atomic mass is 10.1. The number of nitrogens with zero attached hydrogens (tertiary/aromatic N) is 3. The van der Waals surface area contributed by atoms with Crippen LogP contribution in [0, 0.1) is 11.7 Å². The predicted molar refractivity (Wildman–Crippen MR) is 120 cm³/mol. The lowest BCUT2D eigenvalue weighted by Gasteiger charge is -2.19. The van der Waals surface area contributed by atoms with Gasteiger partial charge in [-0.05, 0) is 43.8 Å². The maximum atomic E-state index is 12.3. The van der Waals surface area contributed by atoms with Gasteiger partial charge < -0.3 is 10.2 Å². The van der Waals surface area contributed by atoms with Gasteiger partial charge in [-0.3, -0.25) is 14.5 Å². The third kappa shape index (κ3) is 5.77. The molecule has 3 rings (SSSR count). The van der Waals surface area contributed by atoms with Gasteiger partial charge in [0.15, 0.2) is 10.6 Å². The second-order valence-corrected chi connectivity index (χ2v) is 7.47. The first-order valence-corrected chi connectivity index (χ1v) is 10.2. The van der Waals surface area contributed by atoms with Gasteiger partial charge >= 0.3 is 0 Å². The zero-order chi connectivity index (χ0) is 20.6. The van der Waals surface area contributed by atoms with E-state index in [9.17, 15) is 4.79 Å². The third-order valence-electron chi connectivity index (χ3n) is 4.79. The molecule has 0 bridgehead atoms. The minimum atomic E-state index is 0.0191. The van der Waals surface area contributed by atoms with E-state index in [0.29, 0.717) is 24.3 Å². The van der Waals surface area contributed by atoms with Gasteiger partial charge in [-0.25, -0.2) is 0 Å². The quantitative estimate of drug-likeness (QED) is 0.415. The highest BCUT2D eigenvalue weighted by Gasteiger charge is 2.11. The van der Waals surface area contributed by atoms with Crippen LogP contribution in [-0.4, -0.2) is 40.8 Å². The summed E-state index contributed by atoms with van der Waals surface area (Å²) in [6, 6.07) is 18.3. The molecule has 2 aromatic carbocycles. The van der Waals surface area contributed by atoms with Crippen molar-refractivity contribution in [3.63, 3.8) is 0 Å². The smallest absolute Gasteiger partial charge is 0.221 e. The van der Waals surface area contributed by atoms with E-state index in [-0.39, 0.29) is 5.91 Å². The Morgan fingerprint density at radius 3 is 2.76 bits per heavy atom. The van der Waals surface area contributed by atoms with Crippen LogP contribution in [0.1, 0.15) is 18.4 Å². The molecule has 0 unspecified atom stereocenters. The van der Waals surface area contributed by atoms with E-state index in [0.717, 1.165) is 29.9 Å². The molecule has 2 N–H and O–H groups in total. The van der Waals surface area contributed by atoms with Gasteiger partial charge in [0.25, 0.3) is 0 Å². The van der Waals surface area contributed by atoms with Gasteiger partial charge in [0.2, 0.25) is 5.91 Å². The van der Waals surface area contributed by atoms with Crippen LogP contribution in [0.4, 0.5) is 5.69 Å². The summed E-state index contributed by atoms with van der Waals surface area (Å²) in [6.45, 7) is 4.07. The van der Waals surface area contributed by atoms with Crippen molar-refractivity contribution in [2.24, 2.45) is 0 Å². The molecule has 0 aliphatic carbocycles. The molecule has 1 heterocycles. The first-order chi connectivity index (χ1) is 14.0. The largest absolute Gasteiger partial charge is 0.375 e. The SMILES string of the molecule is Cc1cccc(-c2n[nH]c(=S)n2CCC(=O)NCCCN(C)c2ccccc2)c1. The van der Waals surface area contributed by atoms with Crippen molar-refractivity contribution in [3.8, 4) is 11.4 Å². The van der Waals surface area contributed by atoms with E-state index in [2.05, 4.69) is 45.7 Å². The number of benzene rings is 2. The maximum Gasteiger partial charge on any atom is 0.221 e. The first-order valence-electron chi connectivity index (χ1n) is 9.80. The summed E-state index contributed by atoms with van der Waals surface area (Å²) in [5.41, 5.74) is 3.32. The zero-order valence-electron chi connectivity index (χ0n) is 16.9. The number of aryl methyl sites for hydroxylation is 1. The molecule has 3 aromatic rings. The summed E-state index contributed by atoms with van der Waals surface area (Å²) >= 11 is 5.35. The fourth-order valence-electron chi connectivity index (χ4n) is 3.19. The molecule has 0 fully saturated rings. The molecule has 7 heteroatoms. The number of carbonyl (C=O) groups is 1. The topological polar surface area (TPSA) is 66.0 Å². The molecule has 29 heavy (non-hydrogen) atoms. The standard InChI is InChI=1S/C22H27N5OS/c1-17-8-6-9-18(16-17)21-24-25-22(29)27(21)15-12-20(28)23-13-7-14-26(2)19-10-4-3-5-11-19/h3-6,8-11,16H,7,12-15H2,1-2H3,(H,23,28)(H,25,29). The second-order valence-electron chi connectivity index (χ2n) is 7.08. The summed E-state index contributed by atoms with van der Waals surface area (Å²) in [6.07, 6.45) is 1.25. The lowest BCUT2D eigenvalue weighted by molar-refractivity contribution is -0.121. The normalized spacial score (nSPS) is 10.7. The first kappa shape index (κ1) is 20.8. The second kappa shape index (κ2) is 10.0. The molecule has 1 aromatic heterocycles. The number of hydrogen-bond donors (Lipinski definition) is 2. The van der Waals surface area contributed by atoms with Crippen LogP contribution in [0.15, 0.2) is 54.6 Å². The van der Waals surface area contributed by atoms with Gasteiger partial charge in [0, 0.05) is 44.4 Å². The molecular formula is C22H27N5OS. The Morgan fingerprint density at radius 1 is 1.21 bits per heavy atom. The van der Waals surface area contributed by atoms with Crippen LogP contribution in [-0.2, 0) is 11.3 Å². The molecular weight excluding hydrogens is 382 g/mol. The van der Waals surface area contributed by atoms with Gasteiger partial charge in [-0.2, -0.15) is 5.10 Å². The summed E-state index contributed by atoms with van der Waals surface area (Å²) in [5.74, 6) is 0.779. The highest BCUT2D eigenvalue weighted by atomic mass is 32.1. The van der Waals surface area contributed by atoms with E-state index in [1.807, 2.05) is 47.9 Å². The van der Waals surface area contributed by atoms with Gasteiger partial charge in [-0.1, -0.05) is 42.0 Å². The van der Waals surface area contributed by atoms with Crippen LogP contribution >= 0.6 is 12.2 Å². The van der Waals surface area contributed by atoms with Crippen molar-refractivity contribution in [2.45, 2.75) is 26.3 Å². The molecule has 152 valence electrons. The summed E-state index contributed by atoms with van der Waals surface area (Å²) < 4.78 is 2.41. The van der Waals surface area contributed by atoms with Crippen LogP contribution in [0.5, 0.6) is 0 Å². The molecule has 0 aliphatic rings. The van der Waals surface area contributed by atoms with E-state index in [4.69, 9.17) is 12.2 Å². The van der Waals surface area contributed by atoms with Crippen molar-refractivity contribution < 1.29 is 4.79 Å².